The first-order chi connectivity index (χ1) is 29.3. The average molecular weight is 757 g/mol. The third-order valence-corrected chi connectivity index (χ3v) is 17.5. The van der Waals surface area contributed by atoms with Crippen LogP contribution in [0.1, 0.15) is 73.6 Å². The summed E-state index contributed by atoms with van der Waals surface area (Å²) in [4.78, 5) is 5.42. The number of fused-ring (bicyclic) bond motifs is 11. The summed E-state index contributed by atoms with van der Waals surface area (Å²) in [6.45, 7) is 0.0924. The fourth-order valence-electron chi connectivity index (χ4n) is 15.8. The van der Waals surface area contributed by atoms with E-state index in [1.165, 1.54) is 124 Å². The van der Waals surface area contributed by atoms with Gasteiger partial charge in [0, 0.05) is 44.8 Å². The number of benzene rings is 7. The van der Waals surface area contributed by atoms with Gasteiger partial charge in [0.05, 0.1) is 5.69 Å². The highest BCUT2D eigenvalue weighted by atomic mass is 15.2. The Morgan fingerprint density at radius 1 is 0.390 bits per heavy atom. The number of para-hydroxylation sites is 3. The van der Waals surface area contributed by atoms with Crippen molar-refractivity contribution in [2.45, 2.75) is 62.2 Å². The maximum atomic E-state index is 2.78. The molecule has 0 unspecified atom stereocenters. The predicted molar refractivity (Wildman–Crippen MR) is 244 cm³/mol. The van der Waals surface area contributed by atoms with Crippen LogP contribution in [0.25, 0.3) is 22.3 Å². The second-order valence-corrected chi connectivity index (χ2v) is 19.3. The van der Waals surface area contributed by atoms with E-state index in [1.807, 2.05) is 0 Å². The second-order valence-electron chi connectivity index (χ2n) is 19.3. The second kappa shape index (κ2) is 11.1. The normalized spacial score (nSPS) is 27.5. The molecule has 15 rings (SSSR count). The first-order valence-electron chi connectivity index (χ1n) is 22.7. The van der Waals surface area contributed by atoms with E-state index >= 15 is 0 Å². The zero-order chi connectivity index (χ0) is 38.2. The molecule has 4 fully saturated rings. The van der Waals surface area contributed by atoms with Gasteiger partial charge in [-0.15, -0.1) is 0 Å². The van der Waals surface area contributed by atoms with Gasteiger partial charge < -0.3 is 9.80 Å². The Morgan fingerprint density at radius 2 is 0.898 bits per heavy atom. The minimum atomic E-state index is 0.0571. The lowest BCUT2D eigenvalue weighted by Gasteiger charge is -2.46. The number of hydrogen-bond acceptors (Lipinski definition) is 2. The first-order valence-corrected chi connectivity index (χ1v) is 22.7. The van der Waals surface area contributed by atoms with E-state index in [4.69, 9.17) is 0 Å². The van der Waals surface area contributed by atoms with E-state index in [-0.39, 0.29) is 17.5 Å². The SMILES string of the molecule is c1ccc(N2c3ccccc3B3c4cc5c(cc4N(c4ccccc4)c4c3c2cc2c4-c3ccccc3C23C2CCC3CC2)C2(c3ccccc3-5)C3CCC2CC3)cc1. The molecule has 4 saturated carbocycles. The molecule has 0 radical (unpaired) electrons. The summed E-state index contributed by atoms with van der Waals surface area (Å²) in [6, 6.07) is 59.6. The quantitative estimate of drug-likeness (QED) is 0.162. The molecule has 2 nitrogen and oxygen atoms in total. The molecule has 59 heavy (non-hydrogen) atoms. The van der Waals surface area contributed by atoms with Crippen LogP contribution in [0.5, 0.6) is 0 Å². The molecule has 2 aliphatic heterocycles. The van der Waals surface area contributed by atoms with Gasteiger partial charge in [-0.3, -0.25) is 0 Å². The maximum Gasteiger partial charge on any atom is 0.252 e. The van der Waals surface area contributed by atoms with Crippen LogP contribution in [0.2, 0.25) is 0 Å². The van der Waals surface area contributed by atoms with Crippen molar-refractivity contribution in [2.24, 2.45) is 23.7 Å². The van der Waals surface area contributed by atoms with Crippen molar-refractivity contribution in [1.82, 2.24) is 0 Å². The number of nitrogens with zero attached hydrogens (tertiary/aromatic N) is 2. The van der Waals surface area contributed by atoms with Crippen molar-refractivity contribution >= 4 is 57.2 Å². The molecule has 3 heteroatoms. The smallest absolute Gasteiger partial charge is 0.252 e. The highest BCUT2D eigenvalue weighted by Gasteiger charge is 2.63. The van der Waals surface area contributed by atoms with Crippen molar-refractivity contribution in [1.29, 1.82) is 0 Å². The Kier molecular flexibility index (Phi) is 6.02. The number of rotatable bonds is 2. The average Bonchev–Trinajstić information content (AvgIpc) is 4.15. The highest BCUT2D eigenvalue weighted by Crippen LogP contribution is 2.71. The Morgan fingerprint density at radius 3 is 1.56 bits per heavy atom. The Hall–Kier alpha value is -5.80. The van der Waals surface area contributed by atoms with E-state index in [0.717, 1.165) is 0 Å². The van der Waals surface area contributed by atoms with Gasteiger partial charge in [0.1, 0.15) is 0 Å². The lowest BCUT2D eigenvalue weighted by atomic mass is 9.33. The fourth-order valence-corrected chi connectivity index (χ4v) is 15.8. The molecule has 0 atom stereocenters. The van der Waals surface area contributed by atoms with Crippen LogP contribution in [0.15, 0.2) is 152 Å². The molecule has 4 bridgehead atoms. The minimum absolute atomic E-state index is 0.0571. The van der Waals surface area contributed by atoms with Crippen LogP contribution >= 0.6 is 0 Å². The molecule has 0 saturated heterocycles. The zero-order valence-corrected chi connectivity index (χ0v) is 33.4. The molecular formula is C56H45BN2. The van der Waals surface area contributed by atoms with Gasteiger partial charge in [-0.25, -0.2) is 0 Å². The summed E-state index contributed by atoms with van der Waals surface area (Å²) < 4.78 is 0. The van der Waals surface area contributed by atoms with Gasteiger partial charge in [0.15, 0.2) is 0 Å². The number of anilines is 6. The van der Waals surface area contributed by atoms with Crippen LogP contribution in [-0.2, 0) is 10.8 Å². The van der Waals surface area contributed by atoms with Crippen LogP contribution in [-0.4, -0.2) is 6.71 Å². The van der Waals surface area contributed by atoms with Crippen LogP contribution in [0.3, 0.4) is 0 Å². The highest BCUT2D eigenvalue weighted by molar-refractivity contribution is 7.00. The van der Waals surface area contributed by atoms with Crippen molar-refractivity contribution in [3.8, 4) is 22.3 Å². The first kappa shape index (κ1) is 32.1. The minimum Gasteiger partial charge on any atom is -0.311 e. The van der Waals surface area contributed by atoms with Gasteiger partial charge in [-0.05, 0) is 173 Å². The topological polar surface area (TPSA) is 6.48 Å². The molecule has 7 aromatic rings. The van der Waals surface area contributed by atoms with Gasteiger partial charge >= 0.3 is 0 Å². The molecule has 0 N–H and O–H groups in total. The largest absolute Gasteiger partial charge is 0.311 e. The summed E-state index contributed by atoms with van der Waals surface area (Å²) in [6.07, 6.45) is 10.7. The Bertz CT molecular complexity index is 2930. The van der Waals surface area contributed by atoms with Gasteiger partial charge in [-0.1, -0.05) is 109 Å². The molecule has 2 heterocycles. The molecule has 0 aromatic heterocycles. The summed E-state index contributed by atoms with van der Waals surface area (Å²) in [7, 11) is 0. The monoisotopic (exact) mass is 756 g/mol. The Labute approximate surface area is 347 Å². The van der Waals surface area contributed by atoms with E-state index in [1.54, 1.807) is 22.3 Å². The van der Waals surface area contributed by atoms with Crippen molar-refractivity contribution in [3.63, 3.8) is 0 Å². The van der Waals surface area contributed by atoms with Crippen molar-refractivity contribution in [3.05, 3.63) is 174 Å². The van der Waals surface area contributed by atoms with Crippen molar-refractivity contribution < 1.29 is 0 Å². The van der Waals surface area contributed by atoms with Crippen LogP contribution in [0, 0.1) is 23.7 Å². The Balaban J connectivity index is 1.12. The summed E-state index contributed by atoms with van der Waals surface area (Å²) >= 11 is 0. The number of hydrogen-bond donors (Lipinski definition) is 0. The molecule has 7 aromatic carbocycles. The van der Waals surface area contributed by atoms with Gasteiger partial charge in [-0.2, -0.15) is 0 Å². The molecule has 282 valence electrons. The van der Waals surface area contributed by atoms with Gasteiger partial charge in [0.25, 0.3) is 6.71 Å². The molecule has 2 spiro atoms. The molecule has 0 amide bonds. The molecular weight excluding hydrogens is 711 g/mol. The van der Waals surface area contributed by atoms with E-state index in [0.29, 0.717) is 23.7 Å². The maximum absolute atomic E-state index is 2.78. The summed E-state index contributed by atoms with van der Waals surface area (Å²) in [5.41, 5.74) is 24.8. The van der Waals surface area contributed by atoms with Crippen LogP contribution in [0.4, 0.5) is 34.1 Å². The lowest BCUT2D eigenvalue weighted by molar-refractivity contribution is 0.400. The van der Waals surface area contributed by atoms with Crippen LogP contribution < -0.4 is 26.2 Å². The standard InChI is InChI=1S/C56H45BN2/c1-3-13-38(14-4-1)58-49-22-12-11-21-47(49)57-48-31-42-40-17-7-9-19-43(40)55(34-23-24-35(55)26-25-34)45(42)32-50(48)59(39-15-5-2-6-16-39)54-52-41-18-8-10-20-44(41)56(36-27-28-37(56)30-29-36)46(52)33-51(58)53(54)57/h1-22,31-37H,23-30H2. The third-order valence-electron chi connectivity index (χ3n) is 17.5. The van der Waals surface area contributed by atoms with Gasteiger partial charge in [0.2, 0.25) is 0 Å². The molecule has 6 aliphatic carbocycles. The third kappa shape index (κ3) is 3.60. The van der Waals surface area contributed by atoms with Crippen molar-refractivity contribution in [2.75, 3.05) is 9.80 Å². The summed E-state index contributed by atoms with van der Waals surface area (Å²) in [5.74, 6) is 2.78. The van der Waals surface area contributed by atoms with E-state index in [2.05, 4.69) is 161 Å². The lowest BCUT2D eigenvalue weighted by Crippen LogP contribution is -2.61. The molecule has 8 aliphatic rings. The predicted octanol–water partition coefficient (Wildman–Crippen LogP) is 11.9. The fraction of sp³-hybridized carbons (Fsp3) is 0.250. The van der Waals surface area contributed by atoms with E-state index < -0.39 is 0 Å². The van der Waals surface area contributed by atoms with E-state index in [9.17, 15) is 0 Å². The zero-order valence-electron chi connectivity index (χ0n) is 33.4. The summed E-state index contributed by atoms with van der Waals surface area (Å²) in [5, 5.41) is 0.